The molecule has 0 radical (unpaired) electrons. The van der Waals surface area contributed by atoms with Crippen molar-refractivity contribution in [3.63, 3.8) is 0 Å². The number of nitrogens with zero attached hydrogens (tertiary/aromatic N) is 1. The van der Waals surface area contributed by atoms with Crippen LogP contribution >= 0.6 is 11.3 Å². The van der Waals surface area contributed by atoms with E-state index in [4.69, 9.17) is 14.2 Å². The number of ether oxygens (including phenoxy) is 3. The molecule has 1 heterocycles. The van der Waals surface area contributed by atoms with Gasteiger partial charge in [0.2, 0.25) is 0 Å². The lowest BCUT2D eigenvalue weighted by atomic mass is 10.7. The lowest BCUT2D eigenvalue weighted by Crippen LogP contribution is -2.09. The molecule has 0 aliphatic carbocycles. The maximum absolute atomic E-state index is 5.27. The van der Waals surface area contributed by atoms with Crippen LogP contribution in [0.4, 0.5) is 0 Å². The predicted molar refractivity (Wildman–Crippen MR) is 50.3 cm³/mol. The Morgan fingerprint density at radius 2 is 2.15 bits per heavy atom. The van der Waals surface area contributed by atoms with Gasteiger partial charge in [-0.05, 0) is 0 Å². The Bertz CT molecular complexity index is 203. The lowest BCUT2D eigenvalue weighted by molar-refractivity contribution is 0.0544. The lowest BCUT2D eigenvalue weighted by Gasteiger charge is -2.03. The van der Waals surface area contributed by atoms with E-state index in [2.05, 4.69) is 4.98 Å². The van der Waals surface area contributed by atoms with Crippen LogP contribution in [0.25, 0.3) is 0 Å². The second kappa shape index (κ2) is 6.82. The van der Waals surface area contributed by atoms with Crippen molar-refractivity contribution in [1.29, 1.82) is 0 Å². The van der Waals surface area contributed by atoms with E-state index in [0.29, 0.717) is 31.6 Å². The molecule has 1 aromatic rings. The fraction of sp³-hybridized carbons (Fsp3) is 0.625. The first-order valence-electron chi connectivity index (χ1n) is 4.02. The molecule has 0 saturated heterocycles. The molecule has 0 amide bonds. The average molecular weight is 203 g/mol. The largest absolute Gasteiger partial charge is 0.468 e. The number of aromatic nitrogens is 1. The fourth-order valence-electron chi connectivity index (χ4n) is 0.714. The topological polar surface area (TPSA) is 40.6 Å². The molecular formula is C8H13NO3S. The van der Waals surface area contributed by atoms with Crippen molar-refractivity contribution in [3.05, 3.63) is 11.6 Å². The summed E-state index contributed by atoms with van der Waals surface area (Å²) in [6, 6.07) is 0. The molecular weight excluding hydrogens is 190 g/mol. The quantitative estimate of drug-likeness (QED) is 0.624. The highest BCUT2D eigenvalue weighted by atomic mass is 32.1. The highest BCUT2D eigenvalue weighted by Crippen LogP contribution is 2.12. The van der Waals surface area contributed by atoms with Crippen molar-refractivity contribution >= 4 is 11.3 Å². The van der Waals surface area contributed by atoms with Crippen molar-refractivity contribution in [3.8, 4) is 5.19 Å². The number of hydrogen-bond acceptors (Lipinski definition) is 5. The summed E-state index contributed by atoms with van der Waals surface area (Å²) in [5.41, 5.74) is 0. The van der Waals surface area contributed by atoms with Crippen LogP contribution in [-0.4, -0.2) is 38.5 Å². The molecule has 0 aliphatic heterocycles. The first kappa shape index (κ1) is 10.4. The van der Waals surface area contributed by atoms with E-state index in [9.17, 15) is 0 Å². The van der Waals surface area contributed by atoms with Crippen molar-refractivity contribution in [1.82, 2.24) is 4.98 Å². The zero-order valence-electron chi connectivity index (χ0n) is 7.56. The summed E-state index contributed by atoms with van der Waals surface area (Å²) in [5.74, 6) is 0. The summed E-state index contributed by atoms with van der Waals surface area (Å²) in [6.45, 7) is 2.34. The van der Waals surface area contributed by atoms with Gasteiger partial charge in [-0.15, -0.1) is 0 Å². The van der Waals surface area contributed by atoms with Gasteiger partial charge in [-0.2, -0.15) is 0 Å². The van der Waals surface area contributed by atoms with E-state index < -0.39 is 0 Å². The van der Waals surface area contributed by atoms with Crippen molar-refractivity contribution in [2.75, 3.05) is 33.5 Å². The molecule has 1 aromatic heterocycles. The van der Waals surface area contributed by atoms with Gasteiger partial charge in [0, 0.05) is 18.7 Å². The second-order valence-corrected chi connectivity index (χ2v) is 3.11. The standard InChI is InChI=1S/C8H13NO3S/c1-10-3-4-11-5-6-12-8-9-2-7-13-8/h2,7H,3-6H2,1H3. The van der Waals surface area contributed by atoms with Crippen LogP contribution in [0.5, 0.6) is 5.19 Å². The third-order valence-electron chi connectivity index (χ3n) is 1.29. The first-order chi connectivity index (χ1) is 6.43. The van der Waals surface area contributed by atoms with E-state index in [1.165, 1.54) is 11.3 Å². The Morgan fingerprint density at radius 3 is 2.85 bits per heavy atom. The maximum atomic E-state index is 5.27. The minimum atomic E-state index is 0.539. The molecule has 0 unspecified atom stereocenters. The van der Waals surface area contributed by atoms with Gasteiger partial charge in [-0.1, -0.05) is 11.3 Å². The summed E-state index contributed by atoms with van der Waals surface area (Å²) in [6.07, 6.45) is 1.71. The minimum Gasteiger partial charge on any atom is -0.468 e. The molecule has 13 heavy (non-hydrogen) atoms. The first-order valence-corrected chi connectivity index (χ1v) is 4.90. The van der Waals surface area contributed by atoms with Crippen LogP contribution in [0, 0.1) is 0 Å². The highest BCUT2D eigenvalue weighted by Gasteiger charge is 1.94. The van der Waals surface area contributed by atoms with Crippen LogP contribution in [0.15, 0.2) is 11.6 Å². The molecule has 0 aromatic carbocycles. The van der Waals surface area contributed by atoms with Gasteiger partial charge in [0.15, 0.2) is 0 Å². The molecule has 0 N–H and O–H groups in total. The SMILES string of the molecule is COCCOCCOc1nccs1. The molecule has 0 bridgehead atoms. The van der Waals surface area contributed by atoms with Gasteiger partial charge in [-0.25, -0.2) is 4.98 Å². The summed E-state index contributed by atoms with van der Waals surface area (Å²) in [5, 5.41) is 2.57. The van der Waals surface area contributed by atoms with Crippen molar-refractivity contribution < 1.29 is 14.2 Å². The zero-order chi connectivity index (χ0) is 9.36. The molecule has 0 saturated carbocycles. The summed E-state index contributed by atoms with van der Waals surface area (Å²) in [4.78, 5) is 3.97. The number of rotatable bonds is 7. The fourth-order valence-corrected chi connectivity index (χ4v) is 1.23. The van der Waals surface area contributed by atoms with Crippen LogP contribution in [0.2, 0.25) is 0 Å². The van der Waals surface area contributed by atoms with Gasteiger partial charge < -0.3 is 14.2 Å². The van der Waals surface area contributed by atoms with E-state index in [-0.39, 0.29) is 0 Å². The van der Waals surface area contributed by atoms with Gasteiger partial charge in [0.1, 0.15) is 6.61 Å². The van der Waals surface area contributed by atoms with Crippen LogP contribution in [-0.2, 0) is 9.47 Å². The average Bonchev–Trinajstić information content (AvgIpc) is 2.63. The normalized spacial score (nSPS) is 10.2. The van der Waals surface area contributed by atoms with E-state index in [0.717, 1.165) is 0 Å². The molecule has 0 spiro atoms. The van der Waals surface area contributed by atoms with E-state index >= 15 is 0 Å². The van der Waals surface area contributed by atoms with Gasteiger partial charge >= 0.3 is 0 Å². The third kappa shape index (κ3) is 4.82. The monoisotopic (exact) mass is 203 g/mol. The van der Waals surface area contributed by atoms with Crippen LogP contribution < -0.4 is 4.74 Å². The summed E-state index contributed by atoms with van der Waals surface area (Å²) in [7, 11) is 1.65. The van der Waals surface area contributed by atoms with Crippen LogP contribution in [0.3, 0.4) is 0 Å². The minimum absolute atomic E-state index is 0.539. The smallest absolute Gasteiger partial charge is 0.273 e. The predicted octanol–water partition coefficient (Wildman–Crippen LogP) is 1.18. The molecule has 4 nitrogen and oxygen atoms in total. The van der Waals surface area contributed by atoms with Gasteiger partial charge in [0.25, 0.3) is 5.19 Å². The van der Waals surface area contributed by atoms with Gasteiger partial charge in [0.05, 0.1) is 19.8 Å². The van der Waals surface area contributed by atoms with Gasteiger partial charge in [-0.3, -0.25) is 0 Å². The summed E-state index contributed by atoms with van der Waals surface area (Å²) >= 11 is 1.48. The molecule has 0 aliphatic rings. The second-order valence-electron chi connectivity index (χ2n) is 2.25. The Hall–Kier alpha value is -0.650. The van der Waals surface area contributed by atoms with E-state index in [1.54, 1.807) is 13.3 Å². The van der Waals surface area contributed by atoms with E-state index in [1.807, 2.05) is 5.38 Å². The Labute approximate surface area is 81.5 Å². The van der Waals surface area contributed by atoms with Crippen molar-refractivity contribution in [2.45, 2.75) is 0 Å². The molecule has 74 valence electrons. The Morgan fingerprint density at radius 1 is 1.31 bits per heavy atom. The molecule has 5 heteroatoms. The Kier molecular flexibility index (Phi) is 5.47. The number of thiazole rings is 1. The molecule has 0 fully saturated rings. The number of methoxy groups -OCH3 is 1. The van der Waals surface area contributed by atoms with Crippen molar-refractivity contribution in [2.24, 2.45) is 0 Å². The highest BCUT2D eigenvalue weighted by molar-refractivity contribution is 7.11. The third-order valence-corrected chi connectivity index (χ3v) is 1.98. The molecule has 0 atom stereocenters. The summed E-state index contributed by atoms with van der Waals surface area (Å²) < 4.78 is 15.3. The van der Waals surface area contributed by atoms with Crippen LogP contribution in [0.1, 0.15) is 0 Å². The Balaban J connectivity index is 1.90. The molecule has 1 rings (SSSR count). The zero-order valence-corrected chi connectivity index (χ0v) is 8.38. The number of hydrogen-bond donors (Lipinski definition) is 0. The maximum Gasteiger partial charge on any atom is 0.273 e.